The van der Waals surface area contributed by atoms with Crippen LogP contribution >= 0.6 is 0 Å². The monoisotopic (exact) mass is 536 g/mol. The van der Waals surface area contributed by atoms with Gasteiger partial charge in [0.25, 0.3) is 0 Å². The number of benzene rings is 2. The van der Waals surface area contributed by atoms with Crippen LogP contribution in [0.3, 0.4) is 0 Å². The molecule has 5 rings (SSSR count). The second-order valence-corrected chi connectivity index (χ2v) is 11.7. The fourth-order valence-electron chi connectivity index (χ4n) is 5.61. The summed E-state index contributed by atoms with van der Waals surface area (Å²) in [5, 5.41) is 12.7. The number of hydrogen-bond acceptors (Lipinski definition) is 6. The van der Waals surface area contributed by atoms with E-state index in [9.17, 15) is 19.5 Å². The molecule has 1 aliphatic heterocycles. The van der Waals surface area contributed by atoms with Crippen LogP contribution in [-0.2, 0) is 19.0 Å². The van der Waals surface area contributed by atoms with E-state index in [2.05, 4.69) is 29.6 Å². The molecule has 0 aromatic heterocycles. The van der Waals surface area contributed by atoms with Crippen molar-refractivity contribution in [2.75, 3.05) is 26.4 Å². The van der Waals surface area contributed by atoms with Gasteiger partial charge in [-0.2, -0.15) is 0 Å². The maximum absolute atomic E-state index is 13.7. The third-order valence-corrected chi connectivity index (χ3v) is 7.77. The molecule has 2 aromatic carbocycles. The van der Waals surface area contributed by atoms with Gasteiger partial charge >= 0.3 is 18.2 Å². The van der Waals surface area contributed by atoms with Crippen molar-refractivity contribution in [1.29, 1.82) is 0 Å². The molecule has 3 aliphatic rings. The first kappa shape index (κ1) is 27.0. The summed E-state index contributed by atoms with van der Waals surface area (Å²) in [5.74, 6) is -1.05. The van der Waals surface area contributed by atoms with E-state index in [1.54, 1.807) is 20.8 Å². The number of carboxylic acids is 1. The molecule has 2 aliphatic carbocycles. The third kappa shape index (κ3) is 5.73. The van der Waals surface area contributed by atoms with Crippen LogP contribution in [0.25, 0.3) is 11.1 Å². The maximum atomic E-state index is 13.7. The van der Waals surface area contributed by atoms with Crippen molar-refractivity contribution < 1.29 is 33.7 Å². The predicted molar refractivity (Wildman–Crippen MR) is 143 cm³/mol. The second kappa shape index (κ2) is 10.5. The molecule has 0 radical (unpaired) electrons. The van der Waals surface area contributed by atoms with E-state index in [1.807, 2.05) is 24.3 Å². The van der Waals surface area contributed by atoms with Crippen molar-refractivity contribution >= 4 is 18.2 Å². The van der Waals surface area contributed by atoms with Crippen molar-refractivity contribution in [3.63, 3.8) is 0 Å². The van der Waals surface area contributed by atoms with Crippen molar-refractivity contribution in [2.45, 2.75) is 63.6 Å². The number of aliphatic carboxylic acids is 1. The molecule has 1 saturated heterocycles. The smallest absolute Gasteiger partial charge is 0.410 e. The molecule has 9 nitrogen and oxygen atoms in total. The Hall–Kier alpha value is -3.59. The Morgan fingerprint density at radius 1 is 1.05 bits per heavy atom. The number of ether oxygens (including phenoxy) is 3. The highest BCUT2D eigenvalue weighted by Crippen LogP contribution is 2.48. The highest BCUT2D eigenvalue weighted by atomic mass is 16.6. The van der Waals surface area contributed by atoms with Crippen molar-refractivity contribution in [3.8, 4) is 11.1 Å². The molecule has 2 fully saturated rings. The lowest BCUT2D eigenvalue weighted by molar-refractivity contribution is -0.144. The number of amides is 2. The Morgan fingerprint density at radius 3 is 2.23 bits per heavy atom. The molecule has 2 atom stereocenters. The lowest BCUT2D eigenvalue weighted by Gasteiger charge is -2.40. The molecular formula is C30H36N2O7. The van der Waals surface area contributed by atoms with Gasteiger partial charge in [0.1, 0.15) is 12.2 Å². The number of alkyl carbamates (subject to hydrolysis) is 1. The molecule has 2 N–H and O–H groups in total. The van der Waals surface area contributed by atoms with E-state index in [4.69, 9.17) is 14.2 Å². The van der Waals surface area contributed by atoms with Gasteiger partial charge in [-0.1, -0.05) is 48.5 Å². The summed E-state index contributed by atoms with van der Waals surface area (Å²) in [4.78, 5) is 39.9. The number of nitrogens with one attached hydrogen (secondary N) is 1. The minimum atomic E-state index is -1.000. The van der Waals surface area contributed by atoms with Crippen LogP contribution in [0.2, 0.25) is 0 Å². The molecule has 9 heteroatoms. The van der Waals surface area contributed by atoms with Gasteiger partial charge in [-0.05, 0) is 62.3 Å². The first-order valence-corrected chi connectivity index (χ1v) is 13.5. The predicted octanol–water partition coefficient (Wildman–Crippen LogP) is 4.78. The molecule has 2 amide bonds. The zero-order valence-electron chi connectivity index (χ0n) is 22.6. The number of rotatable bonds is 7. The van der Waals surface area contributed by atoms with Crippen LogP contribution < -0.4 is 5.32 Å². The minimum absolute atomic E-state index is 0.0101. The van der Waals surface area contributed by atoms with E-state index in [0.717, 1.165) is 22.3 Å². The van der Waals surface area contributed by atoms with Crippen molar-refractivity contribution in [3.05, 3.63) is 59.7 Å². The Labute approximate surface area is 228 Å². The van der Waals surface area contributed by atoms with Gasteiger partial charge in [0.2, 0.25) is 0 Å². The van der Waals surface area contributed by atoms with Crippen molar-refractivity contribution in [2.24, 2.45) is 5.41 Å². The minimum Gasteiger partial charge on any atom is -0.481 e. The fourth-order valence-corrected chi connectivity index (χ4v) is 5.61. The van der Waals surface area contributed by atoms with Gasteiger partial charge in [0.15, 0.2) is 0 Å². The Bertz CT molecular complexity index is 1200. The number of hydrogen-bond donors (Lipinski definition) is 2. The highest BCUT2D eigenvalue weighted by Gasteiger charge is 2.54. The summed E-state index contributed by atoms with van der Waals surface area (Å²) >= 11 is 0. The quantitative estimate of drug-likeness (QED) is 0.523. The van der Waals surface area contributed by atoms with Gasteiger partial charge in [-0.15, -0.1) is 0 Å². The Kier molecular flexibility index (Phi) is 7.29. The van der Waals surface area contributed by atoms with Gasteiger partial charge in [0.05, 0.1) is 24.1 Å². The van der Waals surface area contributed by atoms with E-state index in [-0.39, 0.29) is 25.7 Å². The average molecular weight is 537 g/mol. The van der Waals surface area contributed by atoms with Crippen LogP contribution in [0.5, 0.6) is 0 Å². The number of carboxylic acid groups (broad SMARTS) is 1. The zero-order valence-corrected chi connectivity index (χ0v) is 22.6. The van der Waals surface area contributed by atoms with E-state index < -0.39 is 41.3 Å². The van der Waals surface area contributed by atoms with E-state index in [0.29, 0.717) is 25.9 Å². The molecule has 0 spiro atoms. The number of carbonyl (C=O) groups is 3. The standard InChI is InChI=1S/C30H36N2O7/c1-29(2,3)39-27(35)31-24-17-37-15-12-25(24)32(18-30(13-14-30)26(33)34)28(36)38-16-23-21-10-6-4-8-19(21)20-9-5-7-11-22(20)23/h4-11,23-25H,12-18H2,1-3H3,(H,31,35)(H,33,34)/t24-,25+/m1/s1. The molecular weight excluding hydrogens is 500 g/mol. The van der Waals surface area contributed by atoms with Crippen LogP contribution in [-0.4, -0.2) is 72.2 Å². The van der Waals surface area contributed by atoms with Gasteiger partial charge < -0.3 is 29.5 Å². The SMILES string of the molecule is CC(C)(C)OC(=O)N[C@@H]1COCC[C@@H]1N(CC1(C(=O)O)CC1)C(=O)OCC1c2ccccc2-c2ccccc21. The van der Waals surface area contributed by atoms with Gasteiger partial charge in [-0.25, -0.2) is 9.59 Å². The molecule has 2 aromatic rings. The Morgan fingerprint density at radius 2 is 1.67 bits per heavy atom. The summed E-state index contributed by atoms with van der Waals surface area (Å²) < 4.78 is 17.0. The topological polar surface area (TPSA) is 114 Å². The van der Waals surface area contributed by atoms with Gasteiger partial charge in [0, 0.05) is 19.1 Å². The number of carbonyl (C=O) groups excluding carboxylic acids is 2. The average Bonchev–Trinajstić information content (AvgIpc) is 3.62. The maximum Gasteiger partial charge on any atom is 0.410 e. The molecule has 1 saturated carbocycles. The van der Waals surface area contributed by atoms with Crippen LogP contribution in [0.1, 0.15) is 57.1 Å². The summed E-state index contributed by atoms with van der Waals surface area (Å²) in [6.45, 7) is 6.00. The molecule has 0 bridgehead atoms. The molecule has 39 heavy (non-hydrogen) atoms. The lowest BCUT2D eigenvalue weighted by Crippen LogP contribution is -2.60. The zero-order chi connectivity index (χ0) is 27.8. The van der Waals surface area contributed by atoms with Crippen LogP contribution in [0.4, 0.5) is 9.59 Å². The summed E-state index contributed by atoms with van der Waals surface area (Å²) in [7, 11) is 0. The van der Waals surface area contributed by atoms with Crippen molar-refractivity contribution in [1.82, 2.24) is 10.2 Å². The molecule has 1 heterocycles. The van der Waals surface area contributed by atoms with E-state index >= 15 is 0 Å². The second-order valence-electron chi connectivity index (χ2n) is 11.7. The Balaban J connectivity index is 1.36. The lowest BCUT2D eigenvalue weighted by atomic mass is 9.98. The summed E-state index contributed by atoms with van der Waals surface area (Å²) in [6.07, 6.45) is 0.202. The largest absolute Gasteiger partial charge is 0.481 e. The first-order chi connectivity index (χ1) is 18.6. The third-order valence-electron chi connectivity index (χ3n) is 7.77. The van der Waals surface area contributed by atoms with Crippen LogP contribution in [0.15, 0.2) is 48.5 Å². The normalized spacial score (nSPS) is 21.3. The highest BCUT2D eigenvalue weighted by molar-refractivity contribution is 5.80. The van der Waals surface area contributed by atoms with Crippen LogP contribution in [0, 0.1) is 5.41 Å². The van der Waals surface area contributed by atoms with E-state index in [1.165, 1.54) is 4.90 Å². The number of fused-ring (bicyclic) bond motifs is 3. The summed E-state index contributed by atoms with van der Waals surface area (Å²) in [6, 6.07) is 15.1. The van der Waals surface area contributed by atoms with Gasteiger partial charge in [-0.3, -0.25) is 4.79 Å². The number of nitrogens with zero attached hydrogens (tertiary/aromatic N) is 1. The fraction of sp³-hybridized carbons (Fsp3) is 0.500. The molecule has 208 valence electrons. The first-order valence-electron chi connectivity index (χ1n) is 13.5. The molecule has 0 unspecified atom stereocenters. The summed E-state index contributed by atoms with van der Waals surface area (Å²) in [5.41, 5.74) is 2.75.